The number of nitrogens with zero attached hydrogens (tertiary/aromatic N) is 1. The molecule has 0 atom stereocenters. The summed E-state index contributed by atoms with van der Waals surface area (Å²) < 4.78 is 0. The SMILES string of the molecule is CNCCCC(=O)Nc1cccc(N2CCCC2)c1. The molecule has 4 nitrogen and oxygen atoms in total. The summed E-state index contributed by atoms with van der Waals surface area (Å²) >= 11 is 0. The third kappa shape index (κ3) is 4.24. The fourth-order valence-electron chi connectivity index (χ4n) is 2.40. The number of nitrogens with one attached hydrogen (secondary N) is 2. The highest BCUT2D eigenvalue weighted by molar-refractivity contribution is 5.91. The van der Waals surface area contributed by atoms with Gasteiger partial charge in [0.2, 0.25) is 5.91 Å². The second-order valence-electron chi connectivity index (χ2n) is 5.00. The first-order chi connectivity index (χ1) is 9.29. The summed E-state index contributed by atoms with van der Waals surface area (Å²) in [6, 6.07) is 8.15. The maximum Gasteiger partial charge on any atom is 0.224 e. The second-order valence-corrected chi connectivity index (χ2v) is 5.00. The Bertz CT molecular complexity index is 414. The quantitative estimate of drug-likeness (QED) is 0.772. The van der Waals surface area contributed by atoms with Crippen LogP contribution in [0.15, 0.2) is 24.3 Å². The van der Waals surface area contributed by atoms with Gasteiger partial charge in [-0.05, 0) is 51.1 Å². The molecule has 0 unspecified atom stereocenters. The Morgan fingerprint density at radius 3 is 2.84 bits per heavy atom. The van der Waals surface area contributed by atoms with Crippen LogP contribution in [0.2, 0.25) is 0 Å². The zero-order valence-electron chi connectivity index (χ0n) is 11.6. The number of rotatable bonds is 6. The molecule has 104 valence electrons. The Morgan fingerprint density at radius 2 is 2.11 bits per heavy atom. The molecule has 19 heavy (non-hydrogen) atoms. The van der Waals surface area contributed by atoms with Gasteiger partial charge in [-0.1, -0.05) is 6.07 Å². The van der Waals surface area contributed by atoms with Crippen LogP contribution in [0, 0.1) is 0 Å². The smallest absolute Gasteiger partial charge is 0.224 e. The predicted octanol–water partition coefficient (Wildman–Crippen LogP) is 2.22. The van der Waals surface area contributed by atoms with Crippen LogP contribution < -0.4 is 15.5 Å². The van der Waals surface area contributed by atoms with E-state index < -0.39 is 0 Å². The summed E-state index contributed by atoms with van der Waals surface area (Å²) in [6.45, 7) is 3.13. The number of carbonyl (C=O) groups excluding carboxylic acids is 1. The van der Waals surface area contributed by atoms with E-state index in [0.29, 0.717) is 6.42 Å². The number of benzene rings is 1. The average Bonchev–Trinajstić information content (AvgIpc) is 2.93. The molecule has 0 aliphatic carbocycles. The van der Waals surface area contributed by atoms with Gasteiger partial charge in [-0.25, -0.2) is 0 Å². The molecular formula is C15H23N3O. The standard InChI is InChI=1S/C15H23N3O/c1-16-9-5-8-15(19)17-13-6-4-7-14(12-13)18-10-2-3-11-18/h4,6-7,12,16H,2-3,5,8-11H2,1H3,(H,17,19). The van der Waals surface area contributed by atoms with E-state index >= 15 is 0 Å². The highest BCUT2D eigenvalue weighted by atomic mass is 16.1. The molecule has 1 aliphatic heterocycles. The molecular weight excluding hydrogens is 238 g/mol. The summed E-state index contributed by atoms with van der Waals surface area (Å²) in [5, 5.41) is 6.02. The summed E-state index contributed by atoms with van der Waals surface area (Å²) in [5.74, 6) is 0.0915. The van der Waals surface area contributed by atoms with Gasteiger partial charge in [0, 0.05) is 30.9 Å². The van der Waals surface area contributed by atoms with Gasteiger partial charge in [0.1, 0.15) is 0 Å². The average molecular weight is 261 g/mol. The number of hydrogen-bond acceptors (Lipinski definition) is 3. The van der Waals surface area contributed by atoms with E-state index in [9.17, 15) is 4.79 Å². The van der Waals surface area contributed by atoms with Crippen molar-refractivity contribution in [2.75, 3.05) is 36.9 Å². The zero-order valence-corrected chi connectivity index (χ0v) is 11.6. The van der Waals surface area contributed by atoms with Gasteiger partial charge in [0.05, 0.1) is 0 Å². The molecule has 0 radical (unpaired) electrons. The highest BCUT2D eigenvalue weighted by Gasteiger charge is 2.12. The van der Waals surface area contributed by atoms with E-state index in [1.807, 2.05) is 19.2 Å². The minimum absolute atomic E-state index is 0.0915. The van der Waals surface area contributed by atoms with E-state index in [0.717, 1.165) is 31.7 Å². The molecule has 1 saturated heterocycles. The topological polar surface area (TPSA) is 44.4 Å². The molecule has 1 aliphatic rings. The maximum atomic E-state index is 11.8. The minimum Gasteiger partial charge on any atom is -0.371 e. The first-order valence-corrected chi connectivity index (χ1v) is 7.09. The monoisotopic (exact) mass is 261 g/mol. The lowest BCUT2D eigenvalue weighted by Gasteiger charge is -2.18. The Balaban J connectivity index is 1.89. The van der Waals surface area contributed by atoms with Crippen molar-refractivity contribution >= 4 is 17.3 Å². The fraction of sp³-hybridized carbons (Fsp3) is 0.533. The molecule has 0 saturated carbocycles. The van der Waals surface area contributed by atoms with E-state index in [1.54, 1.807) is 0 Å². The van der Waals surface area contributed by atoms with Crippen LogP contribution in [0.25, 0.3) is 0 Å². The van der Waals surface area contributed by atoms with E-state index in [2.05, 4.69) is 27.7 Å². The lowest BCUT2D eigenvalue weighted by atomic mass is 10.2. The Morgan fingerprint density at radius 1 is 1.32 bits per heavy atom. The highest BCUT2D eigenvalue weighted by Crippen LogP contribution is 2.23. The molecule has 1 heterocycles. The fourth-order valence-corrected chi connectivity index (χ4v) is 2.40. The van der Waals surface area contributed by atoms with Crippen LogP contribution >= 0.6 is 0 Å². The van der Waals surface area contributed by atoms with Crippen molar-refractivity contribution < 1.29 is 4.79 Å². The van der Waals surface area contributed by atoms with E-state index in [-0.39, 0.29) is 5.91 Å². The third-order valence-electron chi connectivity index (χ3n) is 3.43. The number of hydrogen-bond donors (Lipinski definition) is 2. The summed E-state index contributed by atoms with van der Waals surface area (Å²) in [5.41, 5.74) is 2.12. The molecule has 0 spiro atoms. The first kappa shape index (κ1) is 13.9. The lowest BCUT2D eigenvalue weighted by Crippen LogP contribution is -2.18. The number of carbonyl (C=O) groups is 1. The van der Waals surface area contributed by atoms with Gasteiger partial charge in [-0.2, -0.15) is 0 Å². The largest absolute Gasteiger partial charge is 0.371 e. The Hall–Kier alpha value is -1.55. The van der Waals surface area contributed by atoms with Gasteiger partial charge < -0.3 is 15.5 Å². The molecule has 4 heteroatoms. The zero-order chi connectivity index (χ0) is 13.5. The lowest BCUT2D eigenvalue weighted by molar-refractivity contribution is -0.116. The van der Waals surface area contributed by atoms with Crippen LogP contribution in [0.5, 0.6) is 0 Å². The Labute approximate surface area is 115 Å². The van der Waals surface area contributed by atoms with Gasteiger partial charge in [0.25, 0.3) is 0 Å². The maximum absolute atomic E-state index is 11.8. The van der Waals surface area contributed by atoms with Crippen LogP contribution in [0.4, 0.5) is 11.4 Å². The predicted molar refractivity (Wildman–Crippen MR) is 79.7 cm³/mol. The van der Waals surface area contributed by atoms with Gasteiger partial charge >= 0.3 is 0 Å². The van der Waals surface area contributed by atoms with Gasteiger partial charge in [0.15, 0.2) is 0 Å². The molecule has 0 bridgehead atoms. The molecule has 0 aromatic heterocycles. The van der Waals surface area contributed by atoms with E-state index in [1.165, 1.54) is 18.5 Å². The molecule has 1 aromatic rings. The van der Waals surface area contributed by atoms with Crippen molar-refractivity contribution in [3.8, 4) is 0 Å². The van der Waals surface area contributed by atoms with Crippen LogP contribution in [-0.2, 0) is 4.79 Å². The van der Waals surface area contributed by atoms with Crippen molar-refractivity contribution in [2.24, 2.45) is 0 Å². The summed E-state index contributed by atoms with van der Waals surface area (Å²) in [6.07, 6.45) is 3.96. The first-order valence-electron chi connectivity index (χ1n) is 7.09. The molecule has 1 aromatic carbocycles. The number of anilines is 2. The van der Waals surface area contributed by atoms with Crippen molar-refractivity contribution in [3.05, 3.63) is 24.3 Å². The van der Waals surface area contributed by atoms with Crippen molar-refractivity contribution in [2.45, 2.75) is 25.7 Å². The van der Waals surface area contributed by atoms with Crippen molar-refractivity contribution in [3.63, 3.8) is 0 Å². The Kier molecular flexibility index (Phi) is 5.21. The molecule has 1 fully saturated rings. The molecule has 2 N–H and O–H groups in total. The van der Waals surface area contributed by atoms with Gasteiger partial charge in [-0.3, -0.25) is 4.79 Å². The minimum atomic E-state index is 0.0915. The van der Waals surface area contributed by atoms with Crippen LogP contribution in [0.3, 0.4) is 0 Å². The summed E-state index contributed by atoms with van der Waals surface area (Å²) in [4.78, 5) is 14.1. The number of amides is 1. The normalized spacial score (nSPS) is 14.7. The van der Waals surface area contributed by atoms with Crippen LogP contribution in [0.1, 0.15) is 25.7 Å². The van der Waals surface area contributed by atoms with Gasteiger partial charge in [-0.15, -0.1) is 0 Å². The van der Waals surface area contributed by atoms with Crippen molar-refractivity contribution in [1.29, 1.82) is 0 Å². The second kappa shape index (κ2) is 7.14. The molecule has 1 amide bonds. The van der Waals surface area contributed by atoms with Crippen molar-refractivity contribution in [1.82, 2.24) is 5.32 Å². The van der Waals surface area contributed by atoms with E-state index in [4.69, 9.17) is 0 Å². The molecule has 2 rings (SSSR count). The van der Waals surface area contributed by atoms with Crippen LogP contribution in [-0.4, -0.2) is 32.6 Å². The summed E-state index contributed by atoms with van der Waals surface area (Å²) in [7, 11) is 1.90. The third-order valence-corrected chi connectivity index (χ3v) is 3.43.